The monoisotopic (exact) mass is 619 g/mol. The average Bonchev–Trinajstić information content (AvgIpc) is 3.39. The van der Waals surface area contributed by atoms with E-state index in [9.17, 15) is 23.0 Å². The second-order valence-electron chi connectivity index (χ2n) is 9.23. The molecule has 0 aliphatic rings. The number of nitrogens with zero attached hydrogens (tertiary/aromatic N) is 4. The molecule has 230 valence electrons. The van der Waals surface area contributed by atoms with Gasteiger partial charge in [-0.15, -0.1) is 0 Å². The molecule has 4 aromatic rings. The lowest BCUT2D eigenvalue weighted by Crippen LogP contribution is -2.26. The van der Waals surface area contributed by atoms with Gasteiger partial charge in [0.15, 0.2) is 17.5 Å². The molecule has 1 unspecified atom stereocenters. The fraction of sp³-hybridized carbons (Fsp3) is 0.333. The Morgan fingerprint density at radius 2 is 1.98 bits per heavy atom. The number of phosphoric acid groups is 1. The number of anilines is 3. The van der Waals surface area contributed by atoms with Crippen molar-refractivity contribution in [2.75, 3.05) is 36.9 Å². The SMILES string of the molecule is CCCN(CCCOc1ccc2c(Nc3cc(CC(=O)Nc4cccc(F)c4F)[nH]n3)ncnc2c1)OP(=O)(O)OCC. The van der Waals surface area contributed by atoms with E-state index in [1.807, 2.05) is 6.92 Å². The van der Waals surface area contributed by atoms with Gasteiger partial charge >= 0.3 is 7.82 Å². The largest absolute Gasteiger partial charge is 0.493 e. The Hall–Kier alpha value is -4.01. The van der Waals surface area contributed by atoms with Crippen LogP contribution in [0, 0.1) is 11.6 Å². The highest BCUT2D eigenvalue weighted by Crippen LogP contribution is 2.44. The van der Waals surface area contributed by atoms with E-state index in [4.69, 9.17) is 13.9 Å². The molecule has 2 aromatic carbocycles. The van der Waals surface area contributed by atoms with Crippen LogP contribution in [0.5, 0.6) is 5.75 Å². The number of hydrogen-bond donors (Lipinski definition) is 4. The van der Waals surface area contributed by atoms with Gasteiger partial charge in [0, 0.05) is 36.3 Å². The van der Waals surface area contributed by atoms with Crippen LogP contribution < -0.4 is 15.4 Å². The van der Waals surface area contributed by atoms with Crippen LogP contribution in [-0.4, -0.2) is 62.3 Å². The van der Waals surface area contributed by atoms with Crippen molar-refractivity contribution in [3.63, 3.8) is 0 Å². The number of aromatic nitrogens is 4. The van der Waals surface area contributed by atoms with Gasteiger partial charge < -0.3 is 20.3 Å². The Balaban J connectivity index is 1.32. The number of carbonyl (C=O) groups excluding carboxylic acids is 1. The Kier molecular flexibility index (Phi) is 11.1. The van der Waals surface area contributed by atoms with Gasteiger partial charge in [0.1, 0.15) is 17.9 Å². The van der Waals surface area contributed by atoms with Crippen molar-refractivity contribution in [2.24, 2.45) is 0 Å². The summed E-state index contributed by atoms with van der Waals surface area (Å²) in [5.41, 5.74) is 0.798. The number of amides is 1. The van der Waals surface area contributed by atoms with Gasteiger partial charge in [0.2, 0.25) is 5.91 Å². The molecule has 0 spiro atoms. The fourth-order valence-electron chi connectivity index (χ4n) is 4.04. The number of H-pyrrole nitrogens is 1. The highest BCUT2D eigenvalue weighted by molar-refractivity contribution is 7.47. The van der Waals surface area contributed by atoms with Gasteiger partial charge in [-0.25, -0.2) is 23.3 Å². The summed E-state index contributed by atoms with van der Waals surface area (Å²) >= 11 is 0. The van der Waals surface area contributed by atoms with Gasteiger partial charge in [-0.2, -0.15) is 14.8 Å². The minimum absolute atomic E-state index is 0.0591. The van der Waals surface area contributed by atoms with Crippen molar-refractivity contribution in [1.82, 2.24) is 25.2 Å². The van der Waals surface area contributed by atoms with E-state index in [-0.39, 0.29) is 18.7 Å². The van der Waals surface area contributed by atoms with E-state index < -0.39 is 25.4 Å². The third kappa shape index (κ3) is 9.24. The average molecular weight is 620 g/mol. The van der Waals surface area contributed by atoms with Crippen LogP contribution in [0.25, 0.3) is 10.9 Å². The highest BCUT2D eigenvalue weighted by Gasteiger charge is 2.24. The Morgan fingerprint density at radius 3 is 2.77 bits per heavy atom. The van der Waals surface area contributed by atoms with Crippen LogP contribution in [0.15, 0.2) is 48.8 Å². The van der Waals surface area contributed by atoms with Gasteiger partial charge in [-0.3, -0.25) is 14.4 Å². The van der Waals surface area contributed by atoms with Gasteiger partial charge in [-0.1, -0.05) is 13.0 Å². The molecular weight excluding hydrogens is 587 g/mol. The minimum Gasteiger partial charge on any atom is -0.493 e. The normalized spacial score (nSPS) is 12.8. The zero-order chi connectivity index (χ0) is 30.8. The second kappa shape index (κ2) is 14.9. The van der Waals surface area contributed by atoms with Crippen molar-refractivity contribution in [3.05, 3.63) is 66.1 Å². The van der Waals surface area contributed by atoms with Crippen LogP contribution in [0.3, 0.4) is 0 Å². The third-order valence-corrected chi connectivity index (χ3v) is 6.89. The van der Waals surface area contributed by atoms with Crippen molar-refractivity contribution in [3.8, 4) is 5.75 Å². The predicted octanol–water partition coefficient (Wildman–Crippen LogP) is 5.11. The van der Waals surface area contributed by atoms with E-state index >= 15 is 0 Å². The number of ether oxygens (including phenoxy) is 1. The van der Waals surface area contributed by atoms with E-state index in [1.54, 1.807) is 31.2 Å². The number of rotatable bonds is 16. The number of hydroxylamine groups is 2. The molecule has 2 heterocycles. The van der Waals surface area contributed by atoms with Crippen LogP contribution in [0.1, 0.15) is 32.4 Å². The van der Waals surface area contributed by atoms with E-state index in [0.717, 1.165) is 12.5 Å². The van der Waals surface area contributed by atoms with Crippen LogP contribution in [0.4, 0.5) is 26.1 Å². The van der Waals surface area contributed by atoms with Crippen molar-refractivity contribution >= 4 is 42.0 Å². The maximum absolute atomic E-state index is 13.8. The lowest BCUT2D eigenvalue weighted by atomic mass is 10.2. The molecule has 1 amide bonds. The fourth-order valence-corrected chi connectivity index (χ4v) is 4.87. The van der Waals surface area contributed by atoms with E-state index in [1.165, 1.54) is 23.5 Å². The molecule has 13 nitrogen and oxygen atoms in total. The Morgan fingerprint density at radius 1 is 1.14 bits per heavy atom. The summed E-state index contributed by atoms with van der Waals surface area (Å²) in [6.07, 6.45) is 2.48. The number of nitrogens with one attached hydrogen (secondary N) is 3. The topological polar surface area (TPSA) is 164 Å². The maximum atomic E-state index is 13.8. The van der Waals surface area contributed by atoms with E-state index in [0.29, 0.717) is 60.1 Å². The Bertz CT molecular complexity index is 1590. The smallest absolute Gasteiger partial charge is 0.488 e. The number of fused-ring (bicyclic) bond motifs is 1. The molecule has 0 bridgehead atoms. The van der Waals surface area contributed by atoms with Gasteiger partial charge in [-0.05, 0) is 44.0 Å². The summed E-state index contributed by atoms with van der Waals surface area (Å²) < 4.78 is 54.9. The number of benzene rings is 2. The molecule has 16 heteroatoms. The molecule has 0 saturated heterocycles. The number of carbonyl (C=O) groups is 1. The van der Waals surface area contributed by atoms with Crippen molar-refractivity contribution in [1.29, 1.82) is 0 Å². The molecule has 0 saturated carbocycles. The van der Waals surface area contributed by atoms with Crippen LogP contribution in [-0.2, 0) is 24.9 Å². The lowest BCUT2D eigenvalue weighted by Gasteiger charge is -2.23. The molecule has 0 radical (unpaired) electrons. The molecular formula is C27H32F2N7O6P. The highest BCUT2D eigenvalue weighted by atomic mass is 31.2. The zero-order valence-electron chi connectivity index (χ0n) is 23.5. The van der Waals surface area contributed by atoms with E-state index in [2.05, 4.69) is 30.8 Å². The third-order valence-electron chi connectivity index (χ3n) is 5.87. The second-order valence-corrected chi connectivity index (χ2v) is 10.6. The molecule has 4 rings (SSSR count). The van der Waals surface area contributed by atoms with Crippen LogP contribution in [0.2, 0.25) is 0 Å². The molecule has 0 fully saturated rings. The predicted molar refractivity (Wildman–Crippen MR) is 155 cm³/mol. The summed E-state index contributed by atoms with van der Waals surface area (Å²) in [6.45, 7) is 4.75. The standard InChI is InChI=1S/C27H32F2N7O6P/c1-3-11-36(42-43(38,39)41-4-2)12-6-13-40-19-9-10-20-23(16-19)30-17-31-27(20)33-24-14-18(34-35-24)15-25(37)32-22-8-5-7-21(28)26(22)29/h5,7-10,14,16-17H,3-4,6,11-13,15H2,1-2H3,(H,32,37)(H,38,39)(H2,30,31,33,34,35). The molecule has 0 aliphatic carbocycles. The van der Waals surface area contributed by atoms with Crippen molar-refractivity contribution in [2.45, 2.75) is 33.1 Å². The van der Waals surface area contributed by atoms with Crippen molar-refractivity contribution < 1.29 is 36.9 Å². The molecule has 0 aliphatic heterocycles. The summed E-state index contributed by atoms with van der Waals surface area (Å²) in [7, 11) is -4.15. The first kappa shape index (κ1) is 31.9. The van der Waals surface area contributed by atoms with Crippen LogP contribution >= 0.6 is 7.82 Å². The number of aromatic amines is 1. The summed E-state index contributed by atoms with van der Waals surface area (Å²) in [6, 6.07) is 10.4. The summed E-state index contributed by atoms with van der Waals surface area (Å²) in [5, 5.41) is 14.4. The number of hydrogen-bond acceptors (Lipinski definition) is 10. The molecule has 1 atom stereocenters. The quantitative estimate of drug-likeness (QED) is 0.0749. The first-order valence-electron chi connectivity index (χ1n) is 13.5. The van der Waals surface area contributed by atoms with Gasteiger partial charge in [0.05, 0.1) is 30.8 Å². The minimum atomic E-state index is -4.15. The molecule has 2 aromatic heterocycles. The summed E-state index contributed by atoms with van der Waals surface area (Å²) in [5.74, 6) is -1.31. The van der Waals surface area contributed by atoms with Gasteiger partial charge in [0.25, 0.3) is 0 Å². The molecule has 43 heavy (non-hydrogen) atoms. The lowest BCUT2D eigenvalue weighted by molar-refractivity contribution is -0.115. The number of phosphoric ester groups is 1. The maximum Gasteiger partial charge on any atom is 0.488 e. The summed E-state index contributed by atoms with van der Waals surface area (Å²) in [4.78, 5) is 30.7. The number of halogens is 2. The zero-order valence-corrected chi connectivity index (χ0v) is 24.4. The molecule has 4 N–H and O–H groups in total. The first-order chi connectivity index (χ1) is 20.7. The first-order valence-corrected chi connectivity index (χ1v) is 15.0. The Labute approximate surface area is 246 Å².